The van der Waals surface area contributed by atoms with Crippen molar-refractivity contribution in [2.24, 2.45) is 0 Å². The summed E-state index contributed by atoms with van der Waals surface area (Å²) in [7, 11) is 0. The number of aliphatic hydroxyl groups is 1. The van der Waals surface area contributed by atoms with Gasteiger partial charge in [-0.25, -0.2) is 4.98 Å². The van der Waals surface area contributed by atoms with E-state index in [0.717, 1.165) is 13.0 Å². The lowest BCUT2D eigenvalue weighted by molar-refractivity contribution is -0.121. The van der Waals surface area contributed by atoms with Crippen LogP contribution >= 0.6 is 44.5 Å². The van der Waals surface area contributed by atoms with Crippen molar-refractivity contribution in [3.05, 3.63) is 38.3 Å². The molecular formula is C16H18Br2ClN3O3. The fourth-order valence-corrected chi connectivity index (χ4v) is 3.40. The van der Waals surface area contributed by atoms with Gasteiger partial charge < -0.3 is 10.4 Å². The Kier molecular flexibility index (Phi) is 7.16. The van der Waals surface area contributed by atoms with Crippen molar-refractivity contribution in [3.8, 4) is 0 Å². The van der Waals surface area contributed by atoms with Crippen LogP contribution in [0.4, 0.5) is 0 Å². The van der Waals surface area contributed by atoms with E-state index < -0.39 is 6.10 Å². The average Bonchev–Trinajstić information content (AvgIpc) is 2.54. The van der Waals surface area contributed by atoms with E-state index in [4.69, 9.17) is 11.6 Å². The zero-order valence-electron chi connectivity index (χ0n) is 13.2. The highest BCUT2D eigenvalue weighted by molar-refractivity contribution is 9.10. The lowest BCUT2D eigenvalue weighted by Crippen LogP contribution is -2.46. The van der Waals surface area contributed by atoms with Gasteiger partial charge in [0.15, 0.2) is 5.78 Å². The van der Waals surface area contributed by atoms with Crippen LogP contribution in [0.5, 0.6) is 0 Å². The number of ketones is 1. The number of carbonyl (C=O) groups excluding carboxylic acids is 1. The van der Waals surface area contributed by atoms with Crippen molar-refractivity contribution in [3.63, 3.8) is 0 Å². The molecule has 2 aromatic rings. The molecule has 2 N–H and O–H groups in total. The summed E-state index contributed by atoms with van der Waals surface area (Å²) in [5.74, 6) is -0.125. The van der Waals surface area contributed by atoms with Crippen molar-refractivity contribution in [2.75, 3.05) is 6.54 Å². The van der Waals surface area contributed by atoms with E-state index in [1.54, 1.807) is 12.1 Å². The molecule has 1 fully saturated rings. The van der Waals surface area contributed by atoms with Gasteiger partial charge in [0.2, 0.25) is 0 Å². The molecule has 0 radical (unpaired) electrons. The average molecular weight is 496 g/mol. The molecule has 0 spiro atoms. The van der Waals surface area contributed by atoms with Gasteiger partial charge in [-0.2, -0.15) is 0 Å². The van der Waals surface area contributed by atoms with Crippen LogP contribution < -0.4 is 10.9 Å². The molecule has 2 heterocycles. The van der Waals surface area contributed by atoms with Gasteiger partial charge in [-0.1, -0.05) is 11.6 Å². The minimum absolute atomic E-state index is 0. The normalized spacial score (nSPS) is 20.3. The van der Waals surface area contributed by atoms with Crippen molar-refractivity contribution in [2.45, 2.75) is 38.0 Å². The Morgan fingerprint density at radius 2 is 2.24 bits per heavy atom. The highest BCUT2D eigenvalue weighted by Crippen LogP contribution is 2.25. The molecule has 0 bridgehead atoms. The molecule has 1 aromatic heterocycles. The number of fused-ring (bicyclic) bond motifs is 1. The second-order valence-corrected chi connectivity index (χ2v) is 7.24. The molecule has 9 heteroatoms. The molecular weight excluding hydrogens is 477 g/mol. The predicted octanol–water partition coefficient (Wildman–Crippen LogP) is 2.46. The maximum atomic E-state index is 12.5. The van der Waals surface area contributed by atoms with Crippen LogP contribution in [0.3, 0.4) is 0 Å². The van der Waals surface area contributed by atoms with Crippen LogP contribution in [-0.4, -0.2) is 39.1 Å². The van der Waals surface area contributed by atoms with Crippen LogP contribution in [0.1, 0.15) is 19.3 Å². The summed E-state index contributed by atoms with van der Waals surface area (Å²) in [6.07, 6.45) is 2.62. The number of aliphatic hydroxyl groups excluding tert-OH is 1. The summed E-state index contributed by atoms with van der Waals surface area (Å²) in [5, 5.41) is 13.9. The summed E-state index contributed by atoms with van der Waals surface area (Å²) in [5.41, 5.74) is 0.212. The van der Waals surface area contributed by atoms with Gasteiger partial charge in [0.05, 0.1) is 34.9 Å². The van der Waals surface area contributed by atoms with Crippen LogP contribution in [0, 0.1) is 0 Å². The maximum absolute atomic E-state index is 12.5. The van der Waals surface area contributed by atoms with Gasteiger partial charge in [-0.15, -0.1) is 17.0 Å². The number of piperidine rings is 1. The highest BCUT2D eigenvalue weighted by atomic mass is 79.9. The van der Waals surface area contributed by atoms with E-state index in [0.29, 0.717) is 26.8 Å². The van der Waals surface area contributed by atoms with E-state index in [9.17, 15) is 14.7 Å². The number of rotatable bonds is 4. The number of halogens is 3. The zero-order chi connectivity index (χ0) is 17.3. The topological polar surface area (TPSA) is 84.2 Å². The first-order valence-corrected chi connectivity index (χ1v) is 8.90. The molecule has 2 atom stereocenters. The summed E-state index contributed by atoms with van der Waals surface area (Å²) in [6.45, 7) is 0.722. The summed E-state index contributed by atoms with van der Waals surface area (Å²) < 4.78 is 1.94. The van der Waals surface area contributed by atoms with Crippen LogP contribution in [-0.2, 0) is 11.3 Å². The fourth-order valence-electron chi connectivity index (χ4n) is 2.91. The van der Waals surface area contributed by atoms with Gasteiger partial charge >= 0.3 is 0 Å². The number of hydrogen-bond donors (Lipinski definition) is 2. The number of hydrogen-bond acceptors (Lipinski definition) is 5. The molecule has 0 amide bonds. The Morgan fingerprint density at radius 3 is 2.96 bits per heavy atom. The second-order valence-electron chi connectivity index (χ2n) is 5.97. The van der Waals surface area contributed by atoms with E-state index >= 15 is 0 Å². The third-order valence-corrected chi connectivity index (χ3v) is 5.41. The molecule has 6 nitrogen and oxygen atoms in total. The first kappa shape index (κ1) is 20.5. The zero-order valence-corrected chi connectivity index (χ0v) is 17.3. The molecule has 1 aliphatic heterocycles. The number of nitrogens with one attached hydrogen (secondary N) is 1. The Balaban J connectivity index is 0.00000225. The predicted molar refractivity (Wildman–Crippen MR) is 106 cm³/mol. The van der Waals surface area contributed by atoms with Gasteiger partial charge in [0.1, 0.15) is 0 Å². The van der Waals surface area contributed by atoms with E-state index in [2.05, 4.69) is 26.2 Å². The van der Waals surface area contributed by atoms with E-state index in [1.165, 1.54) is 10.9 Å². The minimum atomic E-state index is -0.523. The Hall–Kier alpha value is -0.800. The number of carbonyl (C=O) groups is 1. The monoisotopic (exact) mass is 493 g/mol. The van der Waals surface area contributed by atoms with Gasteiger partial charge in [-0.3, -0.25) is 14.2 Å². The largest absolute Gasteiger partial charge is 0.391 e. The number of Topliss-reactive ketones (excluding diaryl/α,β-unsaturated/α-hetero) is 1. The smallest absolute Gasteiger partial charge is 0.261 e. The summed E-state index contributed by atoms with van der Waals surface area (Å²) in [6, 6.07) is 2.97. The second kappa shape index (κ2) is 8.73. The third-order valence-electron chi connectivity index (χ3n) is 4.21. The Morgan fingerprint density at radius 1 is 1.48 bits per heavy atom. The number of benzene rings is 1. The van der Waals surface area contributed by atoms with Crippen molar-refractivity contribution < 1.29 is 9.90 Å². The van der Waals surface area contributed by atoms with E-state index in [1.807, 2.05) is 0 Å². The SMILES string of the molecule is Br.O=C(CC1NCCC[C@H]1O)Cn1cnc2cc(Br)c(Cl)cc2c1=O. The number of aromatic nitrogens is 2. The summed E-state index contributed by atoms with van der Waals surface area (Å²) >= 11 is 9.33. The Bertz CT molecular complexity index is 843. The standard InChI is InChI=1S/C16H17BrClN3O3.BrH/c17-11-6-13-10(5-12(11)18)16(24)21(8-20-13)7-9(22)4-14-15(23)2-1-3-19-14;/h5-6,8,14-15,19,23H,1-4,7H2;1H/t14?,15-;/m1./s1. The maximum Gasteiger partial charge on any atom is 0.261 e. The van der Waals surface area contributed by atoms with Crippen LogP contribution in [0.25, 0.3) is 10.9 Å². The molecule has 0 saturated carbocycles. The lowest BCUT2D eigenvalue weighted by atomic mass is 9.97. The lowest BCUT2D eigenvalue weighted by Gasteiger charge is -2.28. The van der Waals surface area contributed by atoms with E-state index in [-0.39, 0.29) is 47.3 Å². The molecule has 0 aliphatic carbocycles. The first-order chi connectivity index (χ1) is 11.5. The molecule has 136 valence electrons. The molecule has 1 aromatic carbocycles. The van der Waals surface area contributed by atoms with Crippen LogP contribution in [0.2, 0.25) is 5.02 Å². The van der Waals surface area contributed by atoms with Crippen molar-refractivity contribution in [1.82, 2.24) is 14.9 Å². The molecule has 1 saturated heterocycles. The number of nitrogens with zero attached hydrogens (tertiary/aromatic N) is 2. The minimum Gasteiger partial charge on any atom is -0.391 e. The van der Waals surface area contributed by atoms with Gasteiger partial charge in [0.25, 0.3) is 5.56 Å². The van der Waals surface area contributed by atoms with Gasteiger partial charge in [0, 0.05) is 16.9 Å². The summed E-state index contributed by atoms with van der Waals surface area (Å²) in [4.78, 5) is 29.0. The van der Waals surface area contributed by atoms with Crippen LogP contribution in [0.15, 0.2) is 27.7 Å². The third kappa shape index (κ3) is 4.68. The molecule has 1 aliphatic rings. The molecule has 1 unspecified atom stereocenters. The fraction of sp³-hybridized carbons (Fsp3) is 0.438. The van der Waals surface area contributed by atoms with Crippen molar-refractivity contribution in [1.29, 1.82) is 0 Å². The first-order valence-electron chi connectivity index (χ1n) is 7.73. The quantitative estimate of drug-likeness (QED) is 0.681. The Labute approximate surface area is 168 Å². The van der Waals surface area contributed by atoms with Crippen molar-refractivity contribution >= 4 is 61.2 Å². The molecule has 3 rings (SSSR count). The molecule has 25 heavy (non-hydrogen) atoms. The van der Waals surface area contributed by atoms with Gasteiger partial charge in [-0.05, 0) is 47.4 Å². The highest BCUT2D eigenvalue weighted by Gasteiger charge is 2.25.